The van der Waals surface area contributed by atoms with E-state index in [-0.39, 0.29) is 23.7 Å². The van der Waals surface area contributed by atoms with Crippen LogP contribution in [0.2, 0.25) is 0 Å². The molecule has 136 valence electrons. The number of anilines is 1. The Morgan fingerprint density at radius 2 is 1.69 bits per heavy atom. The lowest BCUT2D eigenvalue weighted by molar-refractivity contribution is -0.385. The van der Waals surface area contributed by atoms with Gasteiger partial charge in [-0.15, -0.1) is 0 Å². The van der Waals surface area contributed by atoms with Gasteiger partial charge in [0.15, 0.2) is 0 Å². The molecule has 0 bridgehead atoms. The molecule has 0 aliphatic carbocycles. The molecule has 0 aromatic heterocycles. The summed E-state index contributed by atoms with van der Waals surface area (Å²) in [5.41, 5.74) is 2.80. The fourth-order valence-electron chi connectivity index (χ4n) is 2.64. The van der Waals surface area contributed by atoms with E-state index in [1.165, 1.54) is 18.0 Å². The number of benzene rings is 2. The van der Waals surface area contributed by atoms with Gasteiger partial charge in [-0.25, -0.2) is 0 Å². The van der Waals surface area contributed by atoms with Gasteiger partial charge >= 0.3 is 0 Å². The molecule has 7 nitrogen and oxygen atoms in total. The first-order chi connectivity index (χ1) is 12.2. The molecule has 1 N–H and O–H groups in total. The minimum absolute atomic E-state index is 0.0305. The average Bonchev–Trinajstić information content (AvgIpc) is 2.57. The highest BCUT2D eigenvalue weighted by Crippen LogP contribution is 2.24. The molecule has 0 atom stereocenters. The van der Waals surface area contributed by atoms with Gasteiger partial charge in [0.2, 0.25) is 5.91 Å². The van der Waals surface area contributed by atoms with Crippen LogP contribution in [0.15, 0.2) is 36.4 Å². The number of para-hydroxylation sites is 1. The van der Waals surface area contributed by atoms with Gasteiger partial charge < -0.3 is 10.2 Å². The molecule has 2 aromatic carbocycles. The molecular weight excluding hydrogens is 334 g/mol. The van der Waals surface area contributed by atoms with Crippen LogP contribution >= 0.6 is 0 Å². The van der Waals surface area contributed by atoms with Crippen molar-refractivity contribution in [2.75, 3.05) is 18.9 Å². The molecule has 0 aliphatic rings. The van der Waals surface area contributed by atoms with Crippen LogP contribution in [0, 0.1) is 30.9 Å². The second-order valence-corrected chi connectivity index (χ2v) is 6.19. The Morgan fingerprint density at radius 1 is 1.08 bits per heavy atom. The maximum atomic E-state index is 12.6. The lowest BCUT2D eigenvalue weighted by Crippen LogP contribution is -2.35. The predicted molar refractivity (Wildman–Crippen MR) is 99.3 cm³/mol. The molecule has 0 heterocycles. The van der Waals surface area contributed by atoms with Gasteiger partial charge in [0.1, 0.15) is 5.56 Å². The Bertz CT molecular complexity index is 877. The molecule has 7 heteroatoms. The first-order valence-electron chi connectivity index (χ1n) is 8.08. The zero-order valence-corrected chi connectivity index (χ0v) is 15.2. The van der Waals surface area contributed by atoms with Crippen LogP contribution in [0.1, 0.15) is 27.0 Å². The third kappa shape index (κ3) is 4.05. The number of amides is 2. The summed E-state index contributed by atoms with van der Waals surface area (Å²) in [6.07, 6.45) is 0. The van der Waals surface area contributed by atoms with Crippen molar-refractivity contribution < 1.29 is 14.5 Å². The highest BCUT2D eigenvalue weighted by atomic mass is 16.6. The quantitative estimate of drug-likeness (QED) is 0.658. The second-order valence-electron chi connectivity index (χ2n) is 6.19. The molecule has 2 amide bonds. The van der Waals surface area contributed by atoms with Crippen LogP contribution < -0.4 is 5.32 Å². The summed E-state index contributed by atoms with van der Waals surface area (Å²) >= 11 is 0. The van der Waals surface area contributed by atoms with Gasteiger partial charge in [0.25, 0.3) is 11.6 Å². The number of aryl methyl sites for hydroxylation is 2. The van der Waals surface area contributed by atoms with Crippen LogP contribution in [-0.2, 0) is 4.79 Å². The van der Waals surface area contributed by atoms with Crippen LogP contribution in [0.4, 0.5) is 11.4 Å². The summed E-state index contributed by atoms with van der Waals surface area (Å²) < 4.78 is 0. The number of hydrogen-bond acceptors (Lipinski definition) is 4. The lowest BCUT2D eigenvalue weighted by Gasteiger charge is -2.18. The average molecular weight is 355 g/mol. The second kappa shape index (κ2) is 7.77. The number of nitro benzene ring substituents is 1. The predicted octanol–water partition coefficient (Wildman–Crippen LogP) is 3.23. The van der Waals surface area contributed by atoms with Crippen molar-refractivity contribution in [3.05, 3.63) is 68.8 Å². The number of hydrogen-bond donors (Lipinski definition) is 1. The number of carbonyl (C=O) groups is 2. The van der Waals surface area contributed by atoms with E-state index in [2.05, 4.69) is 5.32 Å². The largest absolute Gasteiger partial charge is 0.332 e. The topological polar surface area (TPSA) is 92.6 Å². The number of rotatable bonds is 5. The third-order valence-corrected chi connectivity index (χ3v) is 4.26. The molecule has 2 rings (SSSR count). The highest BCUT2D eigenvalue weighted by molar-refractivity contribution is 6.02. The van der Waals surface area contributed by atoms with Gasteiger partial charge in [-0.1, -0.05) is 24.3 Å². The van der Waals surface area contributed by atoms with Crippen molar-refractivity contribution >= 4 is 23.2 Å². The molecule has 0 saturated heterocycles. The zero-order valence-electron chi connectivity index (χ0n) is 15.2. The van der Waals surface area contributed by atoms with Crippen molar-refractivity contribution in [3.8, 4) is 0 Å². The van der Waals surface area contributed by atoms with E-state index in [9.17, 15) is 19.7 Å². The van der Waals surface area contributed by atoms with Gasteiger partial charge in [-0.3, -0.25) is 19.7 Å². The Balaban J connectivity index is 2.15. The minimum atomic E-state index is -0.577. The number of nitrogens with zero attached hydrogens (tertiary/aromatic N) is 2. The van der Waals surface area contributed by atoms with Gasteiger partial charge in [-0.05, 0) is 44.0 Å². The summed E-state index contributed by atoms with van der Waals surface area (Å²) in [4.78, 5) is 36.7. The van der Waals surface area contributed by atoms with Crippen molar-refractivity contribution in [3.63, 3.8) is 0 Å². The van der Waals surface area contributed by atoms with Crippen LogP contribution in [0.3, 0.4) is 0 Å². The van der Waals surface area contributed by atoms with Gasteiger partial charge in [-0.2, -0.15) is 0 Å². The van der Waals surface area contributed by atoms with Crippen molar-refractivity contribution in [1.29, 1.82) is 0 Å². The normalized spacial score (nSPS) is 10.3. The Labute approximate surface area is 151 Å². The maximum absolute atomic E-state index is 12.6. The van der Waals surface area contributed by atoms with Gasteiger partial charge in [0, 0.05) is 18.3 Å². The lowest BCUT2D eigenvalue weighted by atomic mass is 10.1. The van der Waals surface area contributed by atoms with Gasteiger partial charge in [0.05, 0.1) is 11.5 Å². The van der Waals surface area contributed by atoms with Crippen LogP contribution in [0.5, 0.6) is 0 Å². The molecule has 26 heavy (non-hydrogen) atoms. The smallest absolute Gasteiger partial charge is 0.285 e. The highest BCUT2D eigenvalue weighted by Gasteiger charge is 2.25. The van der Waals surface area contributed by atoms with E-state index in [0.29, 0.717) is 11.3 Å². The summed E-state index contributed by atoms with van der Waals surface area (Å²) in [5.74, 6) is -0.943. The zero-order chi connectivity index (χ0) is 19.4. The van der Waals surface area contributed by atoms with Crippen LogP contribution in [-0.4, -0.2) is 35.2 Å². The van der Waals surface area contributed by atoms with E-state index >= 15 is 0 Å². The Kier molecular flexibility index (Phi) is 5.71. The molecule has 0 saturated carbocycles. The summed E-state index contributed by atoms with van der Waals surface area (Å²) in [5, 5.41) is 14.0. The standard InChI is InChI=1S/C19H21N3O4/c1-12-7-6-10-16(14(12)3)20-17(23)11-21(4)19(24)15-9-5-8-13(2)18(15)22(25)26/h5-10H,11H2,1-4H3,(H,20,23). The van der Waals surface area contributed by atoms with Crippen molar-refractivity contribution in [2.24, 2.45) is 0 Å². The van der Waals surface area contributed by atoms with E-state index in [1.54, 1.807) is 25.1 Å². The van der Waals surface area contributed by atoms with Crippen LogP contribution in [0.25, 0.3) is 0 Å². The molecule has 0 fully saturated rings. The van der Waals surface area contributed by atoms with E-state index in [0.717, 1.165) is 11.1 Å². The molecule has 0 spiro atoms. The fraction of sp³-hybridized carbons (Fsp3) is 0.263. The monoisotopic (exact) mass is 355 g/mol. The SMILES string of the molecule is Cc1cccc(NC(=O)CN(C)C(=O)c2cccc(C)c2[N+](=O)[O-])c1C. The summed E-state index contributed by atoms with van der Waals surface area (Å²) in [6.45, 7) is 5.20. The number of carbonyl (C=O) groups excluding carboxylic acids is 2. The molecule has 0 unspecified atom stereocenters. The Morgan fingerprint density at radius 3 is 2.35 bits per heavy atom. The molecule has 0 aliphatic heterocycles. The maximum Gasteiger partial charge on any atom is 0.285 e. The molecule has 0 radical (unpaired) electrons. The first kappa shape index (κ1) is 19.1. The summed E-state index contributed by atoms with van der Waals surface area (Å²) in [6, 6.07) is 10.1. The molecular formula is C19H21N3O4. The van der Waals surface area contributed by atoms with E-state index in [4.69, 9.17) is 0 Å². The number of nitro groups is 1. The third-order valence-electron chi connectivity index (χ3n) is 4.26. The summed E-state index contributed by atoms with van der Waals surface area (Å²) in [7, 11) is 1.44. The molecule has 2 aromatic rings. The van der Waals surface area contributed by atoms with E-state index in [1.807, 2.05) is 26.0 Å². The van der Waals surface area contributed by atoms with Crippen molar-refractivity contribution in [1.82, 2.24) is 4.90 Å². The number of nitrogens with one attached hydrogen (secondary N) is 1. The Hall–Kier alpha value is -3.22. The van der Waals surface area contributed by atoms with Crippen molar-refractivity contribution in [2.45, 2.75) is 20.8 Å². The number of likely N-dealkylation sites (N-methyl/N-ethyl adjacent to an activating group) is 1. The minimum Gasteiger partial charge on any atom is -0.332 e. The van der Waals surface area contributed by atoms with E-state index < -0.39 is 10.8 Å². The fourth-order valence-corrected chi connectivity index (χ4v) is 2.64. The first-order valence-corrected chi connectivity index (χ1v) is 8.08.